The van der Waals surface area contributed by atoms with Crippen molar-refractivity contribution in [3.05, 3.63) is 58.6 Å². The van der Waals surface area contributed by atoms with E-state index in [0.717, 1.165) is 24.2 Å². The summed E-state index contributed by atoms with van der Waals surface area (Å²) in [5, 5.41) is 3.67. The van der Waals surface area contributed by atoms with Crippen LogP contribution in [0.25, 0.3) is 0 Å². The second kappa shape index (κ2) is 10.3. The molecule has 0 saturated carbocycles. The zero-order valence-electron chi connectivity index (χ0n) is 19.7. The molecule has 0 bridgehead atoms. The van der Waals surface area contributed by atoms with Crippen LogP contribution in [0, 0.1) is 6.92 Å². The zero-order chi connectivity index (χ0) is 24.2. The van der Waals surface area contributed by atoms with Crippen LogP contribution in [0.3, 0.4) is 0 Å². The lowest BCUT2D eigenvalue weighted by Gasteiger charge is -2.41. The van der Waals surface area contributed by atoms with Crippen LogP contribution in [0.4, 0.5) is 5.69 Å². The summed E-state index contributed by atoms with van der Waals surface area (Å²) in [5.41, 5.74) is 1.92. The molecule has 2 aromatic carbocycles. The molecular weight excluding hydrogens is 460 g/mol. The number of anilines is 1. The summed E-state index contributed by atoms with van der Waals surface area (Å²) in [5.74, 6) is 0.714. The van der Waals surface area contributed by atoms with Crippen LogP contribution < -0.4 is 14.4 Å². The van der Waals surface area contributed by atoms with Crippen LogP contribution in [-0.2, 0) is 14.8 Å². The van der Waals surface area contributed by atoms with Gasteiger partial charge in [0.1, 0.15) is 11.4 Å². The molecular formula is C25H33ClN2O4S. The molecule has 2 aromatic rings. The largest absolute Gasteiger partial charge is 0.487 e. The Morgan fingerprint density at radius 3 is 2.55 bits per heavy atom. The maximum Gasteiger partial charge on any atom is 0.232 e. The van der Waals surface area contributed by atoms with E-state index in [1.807, 2.05) is 24.3 Å². The highest BCUT2D eigenvalue weighted by molar-refractivity contribution is 7.92. The number of ether oxygens (including phenoxy) is 1. The fraction of sp³-hybridized carbons (Fsp3) is 0.480. The average molecular weight is 493 g/mol. The van der Waals surface area contributed by atoms with Crippen LogP contribution in [0.5, 0.6) is 5.75 Å². The molecule has 0 radical (unpaired) electrons. The molecule has 0 saturated heterocycles. The highest BCUT2D eigenvalue weighted by Gasteiger charge is 2.38. The average Bonchev–Trinajstić information content (AvgIpc) is 2.78. The third kappa shape index (κ3) is 5.82. The summed E-state index contributed by atoms with van der Waals surface area (Å²) in [6.07, 6.45) is 4.19. The van der Waals surface area contributed by atoms with Gasteiger partial charge < -0.3 is 10.1 Å². The van der Waals surface area contributed by atoms with Gasteiger partial charge in [-0.25, -0.2) is 8.42 Å². The Morgan fingerprint density at radius 1 is 1.18 bits per heavy atom. The molecule has 180 valence electrons. The van der Waals surface area contributed by atoms with Gasteiger partial charge in [-0.1, -0.05) is 49.7 Å². The van der Waals surface area contributed by atoms with Crippen molar-refractivity contribution in [3.63, 3.8) is 0 Å². The molecule has 33 heavy (non-hydrogen) atoms. The van der Waals surface area contributed by atoms with E-state index >= 15 is 0 Å². The molecule has 1 atom stereocenters. The summed E-state index contributed by atoms with van der Waals surface area (Å²) in [6, 6.07) is 12.9. The molecule has 0 unspecified atom stereocenters. The molecule has 1 aliphatic rings. The minimum Gasteiger partial charge on any atom is -0.487 e. The highest BCUT2D eigenvalue weighted by atomic mass is 35.5. The number of benzene rings is 2. The summed E-state index contributed by atoms with van der Waals surface area (Å²) in [4.78, 5) is 12.9. The van der Waals surface area contributed by atoms with E-state index in [9.17, 15) is 13.2 Å². The monoisotopic (exact) mass is 492 g/mol. The molecule has 0 aliphatic carbocycles. The van der Waals surface area contributed by atoms with Crippen molar-refractivity contribution < 1.29 is 17.9 Å². The van der Waals surface area contributed by atoms with Crippen LogP contribution in [0.2, 0.25) is 5.02 Å². The Balaban J connectivity index is 1.69. The Morgan fingerprint density at radius 2 is 1.88 bits per heavy atom. The quantitative estimate of drug-likeness (QED) is 0.509. The van der Waals surface area contributed by atoms with Crippen LogP contribution in [0.1, 0.15) is 63.1 Å². The van der Waals surface area contributed by atoms with Gasteiger partial charge in [0.25, 0.3) is 0 Å². The van der Waals surface area contributed by atoms with E-state index in [2.05, 4.69) is 19.2 Å². The molecule has 6 nitrogen and oxygen atoms in total. The lowest BCUT2D eigenvalue weighted by molar-refractivity contribution is -0.122. The third-order valence-corrected chi connectivity index (χ3v) is 8.08. The second-order valence-electron chi connectivity index (χ2n) is 8.68. The number of hydrogen-bond donors (Lipinski definition) is 1. The van der Waals surface area contributed by atoms with Gasteiger partial charge in [0.15, 0.2) is 0 Å². The van der Waals surface area contributed by atoms with E-state index in [0.29, 0.717) is 29.1 Å². The minimum absolute atomic E-state index is 0.103. The zero-order valence-corrected chi connectivity index (χ0v) is 21.3. The van der Waals surface area contributed by atoms with Crippen LogP contribution in [0.15, 0.2) is 42.5 Å². The smallest absolute Gasteiger partial charge is 0.232 e. The first-order valence-corrected chi connectivity index (χ1v) is 13.6. The van der Waals surface area contributed by atoms with Crippen molar-refractivity contribution in [2.75, 3.05) is 17.1 Å². The minimum atomic E-state index is -3.52. The van der Waals surface area contributed by atoms with Gasteiger partial charge in [-0.2, -0.15) is 0 Å². The normalized spacial score (nSPS) is 17.1. The Kier molecular flexibility index (Phi) is 7.96. The molecule has 3 rings (SSSR count). The first-order chi connectivity index (χ1) is 15.6. The molecule has 1 N–H and O–H groups in total. The lowest BCUT2D eigenvalue weighted by atomic mass is 9.83. The van der Waals surface area contributed by atoms with Gasteiger partial charge in [-0.15, -0.1) is 0 Å². The predicted octanol–water partition coefficient (Wildman–Crippen LogP) is 5.39. The fourth-order valence-electron chi connectivity index (χ4n) is 4.41. The van der Waals surface area contributed by atoms with E-state index in [-0.39, 0.29) is 30.5 Å². The van der Waals surface area contributed by atoms with Gasteiger partial charge in [-0.05, 0) is 49.9 Å². The van der Waals surface area contributed by atoms with Crippen molar-refractivity contribution in [3.8, 4) is 5.75 Å². The summed E-state index contributed by atoms with van der Waals surface area (Å²) >= 11 is 6.19. The van der Waals surface area contributed by atoms with Crippen molar-refractivity contribution >= 4 is 33.2 Å². The van der Waals surface area contributed by atoms with Gasteiger partial charge in [0, 0.05) is 30.0 Å². The lowest BCUT2D eigenvalue weighted by Crippen LogP contribution is -2.44. The van der Waals surface area contributed by atoms with Crippen molar-refractivity contribution in [2.45, 2.75) is 64.5 Å². The van der Waals surface area contributed by atoms with Crippen LogP contribution >= 0.6 is 11.6 Å². The Bertz CT molecular complexity index is 1100. The maximum absolute atomic E-state index is 12.9. The second-order valence-corrected chi connectivity index (χ2v) is 11.0. The molecule has 0 aromatic heterocycles. The number of para-hydroxylation sites is 1. The predicted molar refractivity (Wildman–Crippen MR) is 133 cm³/mol. The first-order valence-electron chi connectivity index (χ1n) is 11.4. The number of carbonyl (C=O) groups is 1. The number of hydrogen-bond acceptors (Lipinski definition) is 4. The number of nitrogens with zero attached hydrogens (tertiary/aromatic N) is 1. The number of fused-ring (bicyclic) bond motifs is 1. The molecule has 8 heteroatoms. The number of amides is 1. The summed E-state index contributed by atoms with van der Waals surface area (Å²) in [6.45, 7) is 6.20. The van der Waals surface area contributed by atoms with E-state index in [4.69, 9.17) is 16.3 Å². The first kappa shape index (κ1) is 25.4. The SMILES string of the molecule is CCC1(CC)C[C@@H](NC(=O)CCCN(c2cccc(Cl)c2C)S(C)(=O)=O)c2ccccc2O1. The van der Waals surface area contributed by atoms with Gasteiger partial charge in [0.05, 0.1) is 18.0 Å². The number of rotatable bonds is 9. The fourth-order valence-corrected chi connectivity index (χ4v) is 5.60. The van der Waals surface area contributed by atoms with Gasteiger partial charge >= 0.3 is 0 Å². The third-order valence-electron chi connectivity index (χ3n) is 6.49. The van der Waals surface area contributed by atoms with Crippen LogP contribution in [-0.4, -0.2) is 32.7 Å². The molecule has 1 heterocycles. The number of halogens is 1. The standard InChI is InChI=1S/C25H33ClN2O4S/c1-5-25(6-2)17-21(19-11-7-8-14-23(19)32-25)27-24(29)15-10-16-28(33(4,30)31)22-13-9-12-20(26)18(22)3/h7-9,11-14,21H,5-6,10,15-17H2,1-4H3,(H,27,29)/t21-/m1/s1. The highest BCUT2D eigenvalue weighted by Crippen LogP contribution is 2.42. The van der Waals surface area contributed by atoms with Crippen molar-refractivity contribution in [2.24, 2.45) is 0 Å². The molecule has 1 aliphatic heterocycles. The number of nitrogens with one attached hydrogen (secondary N) is 1. The maximum atomic E-state index is 12.9. The Labute approximate surface area is 202 Å². The number of carbonyl (C=O) groups excluding carboxylic acids is 1. The molecule has 0 fully saturated rings. The number of sulfonamides is 1. The molecule has 0 spiro atoms. The van der Waals surface area contributed by atoms with Crippen molar-refractivity contribution in [1.29, 1.82) is 0 Å². The van der Waals surface area contributed by atoms with Crippen molar-refractivity contribution in [1.82, 2.24) is 5.32 Å². The van der Waals surface area contributed by atoms with E-state index in [1.54, 1.807) is 25.1 Å². The summed E-state index contributed by atoms with van der Waals surface area (Å²) in [7, 11) is -3.52. The molecule has 1 amide bonds. The van der Waals surface area contributed by atoms with E-state index < -0.39 is 10.0 Å². The van der Waals surface area contributed by atoms with E-state index in [1.165, 1.54) is 10.6 Å². The topological polar surface area (TPSA) is 75.7 Å². The summed E-state index contributed by atoms with van der Waals surface area (Å²) < 4.78 is 32.5. The van der Waals surface area contributed by atoms with Gasteiger partial charge in [0.2, 0.25) is 15.9 Å². The van der Waals surface area contributed by atoms with Gasteiger partial charge in [-0.3, -0.25) is 9.10 Å². The Hall–Kier alpha value is -2.25.